The molecule has 0 saturated heterocycles. The molecule has 3 fully saturated rings. The van der Waals surface area contributed by atoms with Gasteiger partial charge in [0.25, 0.3) is 0 Å². The highest BCUT2D eigenvalue weighted by Gasteiger charge is 2.62. The summed E-state index contributed by atoms with van der Waals surface area (Å²) in [6.07, 6.45) is 5.64. The van der Waals surface area contributed by atoms with Gasteiger partial charge in [0.2, 0.25) is 0 Å². The van der Waals surface area contributed by atoms with Gasteiger partial charge in [-0.1, -0.05) is 6.42 Å². The molecule has 0 aromatic heterocycles. The number of fused-ring (bicyclic) bond motifs is 5. The summed E-state index contributed by atoms with van der Waals surface area (Å²) in [4.78, 5) is 11.2. The maximum absolute atomic E-state index is 11.2. The number of hydrogen-bond acceptors (Lipinski definition) is 2. The predicted molar refractivity (Wildman–Crippen MR) is 51.6 cm³/mol. The molecule has 0 aromatic carbocycles. The minimum absolute atomic E-state index is 0.275. The summed E-state index contributed by atoms with van der Waals surface area (Å²) in [5, 5.41) is 9.19. The topological polar surface area (TPSA) is 63.3 Å². The monoisotopic (exact) mass is 195 g/mol. The highest BCUT2D eigenvalue weighted by Crippen LogP contribution is 2.61. The fourth-order valence-electron chi connectivity index (χ4n) is 4.44. The molecule has 3 saturated carbocycles. The van der Waals surface area contributed by atoms with Crippen molar-refractivity contribution in [1.82, 2.24) is 0 Å². The summed E-state index contributed by atoms with van der Waals surface area (Å²) in [7, 11) is 0. The third-order valence-electron chi connectivity index (χ3n) is 4.96. The standard InChI is InChI=1S/C11H17NO2/c12-11(10(13)14)5-6-4-9(11)8-3-1-2-7(6)8/h6-9H,1-5,12H2,(H,13,14)/t6-,7+,8-,9+,11-/m1/s1. The van der Waals surface area contributed by atoms with Crippen molar-refractivity contribution in [3.63, 3.8) is 0 Å². The number of carboxylic acids is 1. The van der Waals surface area contributed by atoms with Crippen LogP contribution in [0.4, 0.5) is 0 Å². The van der Waals surface area contributed by atoms with Gasteiger partial charge in [0.05, 0.1) is 0 Å². The summed E-state index contributed by atoms with van der Waals surface area (Å²) < 4.78 is 0. The highest BCUT2D eigenvalue weighted by atomic mass is 16.4. The van der Waals surface area contributed by atoms with E-state index in [-0.39, 0.29) is 5.92 Å². The van der Waals surface area contributed by atoms with E-state index in [0.29, 0.717) is 11.8 Å². The summed E-state index contributed by atoms with van der Waals surface area (Å²) >= 11 is 0. The van der Waals surface area contributed by atoms with Crippen LogP contribution in [0, 0.1) is 23.7 Å². The number of nitrogens with two attached hydrogens (primary N) is 1. The molecule has 3 aliphatic rings. The Bertz CT molecular complexity index is 291. The normalized spacial score (nSPS) is 54.9. The van der Waals surface area contributed by atoms with E-state index in [4.69, 9.17) is 5.73 Å². The number of rotatable bonds is 1. The van der Waals surface area contributed by atoms with Gasteiger partial charge in [0.1, 0.15) is 5.54 Å². The lowest BCUT2D eigenvalue weighted by molar-refractivity contribution is -0.146. The highest BCUT2D eigenvalue weighted by molar-refractivity contribution is 5.80. The third kappa shape index (κ3) is 0.842. The van der Waals surface area contributed by atoms with Crippen LogP contribution in [0.25, 0.3) is 0 Å². The van der Waals surface area contributed by atoms with E-state index >= 15 is 0 Å². The average molecular weight is 195 g/mol. The molecule has 2 bridgehead atoms. The van der Waals surface area contributed by atoms with Crippen LogP contribution in [0.2, 0.25) is 0 Å². The van der Waals surface area contributed by atoms with Crippen molar-refractivity contribution in [2.24, 2.45) is 29.4 Å². The van der Waals surface area contributed by atoms with Gasteiger partial charge in [-0.3, -0.25) is 4.79 Å². The summed E-state index contributed by atoms with van der Waals surface area (Å²) in [5.74, 6) is 1.58. The first-order chi connectivity index (χ1) is 6.63. The fraction of sp³-hybridized carbons (Fsp3) is 0.909. The minimum Gasteiger partial charge on any atom is -0.480 e. The van der Waals surface area contributed by atoms with Crippen LogP contribution in [-0.2, 0) is 4.79 Å². The zero-order valence-electron chi connectivity index (χ0n) is 8.28. The van der Waals surface area contributed by atoms with Crippen molar-refractivity contribution < 1.29 is 9.90 Å². The second kappa shape index (κ2) is 2.51. The fourth-order valence-corrected chi connectivity index (χ4v) is 4.44. The smallest absolute Gasteiger partial charge is 0.323 e. The lowest BCUT2D eigenvalue weighted by Gasteiger charge is -2.36. The Kier molecular flexibility index (Phi) is 1.56. The Morgan fingerprint density at radius 2 is 2.07 bits per heavy atom. The van der Waals surface area contributed by atoms with Gasteiger partial charge in [-0.05, 0) is 49.4 Å². The molecule has 0 heterocycles. The summed E-state index contributed by atoms with van der Waals surface area (Å²) in [6, 6.07) is 0. The molecule has 3 nitrogen and oxygen atoms in total. The zero-order chi connectivity index (χ0) is 9.92. The Morgan fingerprint density at radius 1 is 1.36 bits per heavy atom. The first-order valence-corrected chi connectivity index (χ1v) is 5.65. The second-order valence-electron chi connectivity index (χ2n) is 5.41. The van der Waals surface area contributed by atoms with Gasteiger partial charge in [0, 0.05) is 0 Å². The van der Waals surface area contributed by atoms with E-state index in [1.807, 2.05) is 0 Å². The van der Waals surface area contributed by atoms with Crippen molar-refractivity contribution >= 4 is 5.97 Å². The van der Waals surface area contributed by atoms with Crippen LogP contribution in [0.15, 0.2) is 0 Å². The Morgan fingerprint density at radius 3 is 2.79 bits per heavy atom. The predicted octanol–water partition coefficient (Wildman–Crippen LogP) is 1.22. The van der Waals surface area contributed by atoms with E-state index in [1.165, 1.54) is 19.3 Å². The van der Waals surface area contributed by atoms with Gasteiger partial charge < -0.3 is 10.8 Å². The lowest BCUT2D eigenvalue weighted by atomic mass is 9.71. The van der Waals surface area contributed by atoms with Gasteiger partial charge in [-0.15, -0.1) is 0 Å². The molecule has 3 rings (SSSR count). The van der Waals surface area contributed by atoms with Gasteiger partial charge >= 0.3 is 5.97 Å². The molecule has 3 N–H and O–H groups in total. The molecule has 0 aliphatic heterocycles. The number of carboxylic acid groups (broad SMARTS) is 1. The largest absolute Gasteiger partial charge is 0.480 e. The summed E-state index contributed by atoms with van der Waals surface area (Å²) in [5.41, 5.74) is 5.16. The molecule has 3 heteroatoms. The first kappa shape index (κ1) is 8.72. The second-order valence-corrected chi connectivity index (χ2v) is 5.41. The van der Waals surface area contributed by atoms with Gasteiger partial charge in [0.15, 0.2) is 0 Å². The number of aliphatic carboxylic acids is 1. The summed E-state index contributed by atoms with van der Waals surface area (Å²) in [6.45, 7) is 0. The molecule has 0 radical (unpaired) electrons. The molecular weight excluding hydrogens is 178 g/mol. The molecule has 78 valence electrons. The Balaban J connectivity index is 1.93. The van der Waals surface area contributed by atoms with Gasteiger partial charge in [-0.25, -0.2) is 0 Å². The molecule has 5 atom stereocenters. The quantitative estimate of drug-likeness (QED) is 0.661. The Labute approximate surface area is 83.7 Å². The van der Waals surface area contributed by atoms with Crippen molar-refractivity contribution in [2.45, 2.75) is 37.6 Å². The van der Waals surface area contributed by atoms with Crippen molar-refractivity contribution in [3.05, 3.63) is 0 Å². The minimum atomic E-state index is -0.879. The molecule has 3 aliphatic carbocycles. The van der Waals surface area contributed by atoms with E-state index in [9.17, 15) is 9.90 Å². The molecular formula is C11H17NO2. The molecule has 0 amide bonds. The van der Waals surface area contributed by atoms with Crippen LogP contribution in [0.1, 0.15) is 32.1 Å². The third-order valence-corrected chi connectivity index (χ3v) is 4.96. The number of hydrogen-bond donors (Lipinski definition) is 2. The van der Waals surface area contributed by atoms with E-state index in [1.54, 1.807) is 0 Å². The Hall–Kier alpha value is -0.570. The van der Waals surface area contributed by atoms with E-state index < -0.39 is 11.5 Å². The number of carbonyl (C=O) groups is 1. The molecule has 0 unspecified atom stereocenters. The maximum atomic E-state index is 11.2. The van der Waals surface area contributed by atoms with E-state index in [0.717, 1.165) is 18.8 Å². The lowest BCUT2D eigenvalue weighted by Crippen LogP contribution is -2.55. The van der Waals surface area contributed by atoms with Crippen LogP contribution >= 0.6 is 0 Å². The van der Waals surface area contributed by atoms with Gasteiger partial charge in [-0.2, -0.15) is 0 Å². The maximum Gasteiger partial charge on any atom is 0.323 e. The van der Waals surface area contributed by atoms with Crippen molar-refractivity contribution in [1.29, 1.82) is 0 Å². The van der Waals surface area contributed by atoms with Crippen LogP contribution in [0.5, 0.6) is 0 Å². The molecule has 14 heavy (non-hydrogen) atoms. The zero-order valence-corrected chi connectivity index (χ0v) is 8.28. The van der Waals surface area contributed by atoms with Crippen molar-refractivity contribution in [3.8, 4) is 0 Å². The molecule has 0 aromatic rings. The SMILES string of the molecule is N[C@]1(C(=O)O)C[C@H]2C[C@H]1[C@@H]1CCC[C@@H]21. The average Bonchev–Trinajstić information content (AvgIpc) is 2.71. The molecule has 0 spiro atoms. The van der Waals surface area contributed by atoms with E-state index in [2.05, 4.69) is 0 Å². The van der Waals surface area contributed by atoms with Crippen molar-refractivity contribution in [2.75, 3.05) is 0 Å². The van der Waals surface area contributed by atoms with Crippen LogP contribution in [0.3, 0.4) is 0 Å². The van der Waals surface area contributed by atoms with Crippen LogP contribution in [-0.4, -0.2) is 16.6 Å². The van der Waals surface area contributed by atoms with Crippen LogP contribution < -0.4 is 5.73 Å². The first-order valence-electron chi connectivity index (χ1n) is 5.65.